The van der Waals surface area contributed by atoms with E-state index in [0.717, 1.165) is 17.4 Å². The van der Waals surface area contributed by atoms with Gasteiger partial charge >= 0.3 is 7.12 Å². The molecule has 0 saturated carbocycles. The summed E-state index contributed by atoms with van der Waals surface area (Å²) in [6.07, 6.45) is 0.960. The molecule has 0 aliphatic carbocycles. The number of ether oxygens (including phenoxy) is 3. The zero-order valence-electron chi connectivity index (χ0n) is 16.6. The van der Waals surface area contributed by atoms with Gasteiger partial charge in [0, 0.05) is 6.42 Å². The summed E-state index contributed by atoms with van der Waals surface area (Å²) in [4.78, 5) is 0. The molecule has 5 nitrogen and oxygen atoms in total. The molecule has 3 heterocycles. The summed E-state index contributed by atoms with van der Waals surface area (Å²) in [7, 11) is -0.335. The lowest BCUT2D eigenvalue weighted by molar-refractivity contribution is -0.146. The van der Waals surface area contributed by atoms with Crippen LogP contribution in [0.4, 0.5) is 0 Å². The summed E-state index contributed by atoms with van der Waals surface area (Å²) in [6.45, 7) is 12.8. The molecular weight excluding hydrogens is 331 g/mol. The van der Waals surface area contributed by atoms with Gasteiger partial charge in [-0.25, -0.2) is 0 Å². The maximum Gasteiger partial charge on any atom is 0.494 e. The molecule has 0 aromatic heterocycles. The van der Waals surface area contributed by atoms with Gasteiger partial charge in [0.1, 0.15) is 6.10 Å². The van der Waals surface area contributed by atoms with Gasteiger partial charge in [0.2, 0.25) is 0 Å². The maximum atomic E-state index is 6.13. The Bertz CT molecular complexity index is 653. The molecule has 0 N–H and O–H groups in total. The Morgan fingerprint density at radius 2 is 1.42 bits per heavy atom. The molecule has 3 aliphatic heterocycles. The molecule has 3 saturated heterocycles. The van der Waals surface area contributed by atoms with Crippen molar-refractivity contribution in [2.45, 2.75) is 83.3 Å². The molecule has 0 amide bonds. The van der Waals surface area contributed by atoms with Crippen molar-refractivity contribution >= 4 is 12.6 Å². The third-order valence-corrected chi connectivity index (χ3v) is 6.03. The molecule has 0 spiro atoms. The lowest BCUT2D eigenvalue weighted by Gasteiger charge is -2.32. The first-order valence-electron chi connectivity index (χ1n) is 9.49. The fraction of sp³-hybridized carbons (Fsp3) is 0.700. The molecule has 6 heteroatoms. The predicted octanol–water partition coefficient (Wildman–Crippen LogP) is 2.97. The topological polar surface area (TPSA) is 46.2 Å². The lowest BCUT2D eigenvalue weighted by atomic mass is 9.78. The van der Waals surface area contributed by atoms with Crippen molar-refractivity contribution in [3.05, 3.63) is 29.8 Å². The minimum Gasteiger partial charge on any atom is -0.399 e. The maximum absolute atomic E-state index is 6.13. The molecular formula is C20H29BO5. The zero-order valence-corrected chi connectivity index (χ0v) is 16.6. The Balaban J connectivity index is 1.44. The minimum absolute atomic E-state index is 0.0288. The van der Waals surface area contributed by atoms with E-state index in [1.54, 1.807) is 0 Å². The lowest BCUT2D eigenvalue weighted by Crippen LogP contribution is -2.41. The Labute approximate surface area is 156 Å². The van der Waals surface area contributed by atoms with Crippen LogP contribution >= 0.6 is 0 Å². The third kappa shape index (κ3) is 3.23. The molecule has 142 valence electrons. The fourth-order valence-electron chi connectivity index (χ4n) is 3.82. The number of fused-ring (bicyclic) bond motifs is 1. The first kappa shape index (κ1) is 18.4. The number of hydrogen-bond acceptors (Lipinski definition) is 5. The van der Waals surface area contributed by atoms with Crippen molar-refractivity contribution in [3.63, 3.8) is 0 Å². The molecule has 1 aromatic rings. The van der Waals surface area contributed by atoms with Gasteiger partial charge in [-0.1, -0.05) is 24.3 Å². The Kier molecular flexibility index (Phi) is 4.29. The SMILES string of the molecule is CC1(C)O[C@H]2CO[C@H](c3ccc(B4OC(C)(C)C(C)(C)O4)cc3)C[C@H]2O1. The van der Waals surface area contributed by atoms with E-state index in [2.05, 4.69) is 52.0 Å². The van der Waals surface area contributed by atoms with E-state index in [9.17, 15) is 0 Å². The van der Waals surface area contributed by atoms with Crippen LogP contribution in [0.25, 0.3) is 0 Å². The molecule has 26 heavy (non-hydrogen) atoms. The van der Waals surface area contributed by atoms with Gasteiger partial charge in [-0.3, -0.25) is 0 Å². The van der Waals surface area contributed by atoms with Crippen LogP contribution in [0.1, 0.15) is 59.6 Å². The first-order chi connectivity index (χ1) is 12.1. The van der Waals surface area contributed by atoms with Crippen LogP contribution in [0.5, 0.6) is 0 Å². The second-order valence-electron chi connectivity index (χ2n) is 9.03. The van der Waals surface area contributed by atoms with Gasteiger partial charge in [-0.05, 0) is 52.6 Å². The Morgan fingerprint density at radius 3 is 2.04 bits per heavy atom. The van der Waals surface area contributed by atoms with Crippen molar-refractivity contribution in [2.24, 2.45) is 0 Å². The predicted molar refractivity (Wildman–Crippen MR) is 99.3 cm³/mol. The van der Waals surface area contributed by atoms with Gasteiger partial charge in [-0.2, -0.15) is 0 Å². The molecule has 3 atom stereocenters. The molecule has 1 aromatic carbocycles. The van der Waals surface area contributed by atoms with Crippen molar-refractivity contribution in [3.8, 4) is 0 Å². The Hall–Kier alpha value is -0.915. The second-order valence-corrected chi connectivity index (χ2v) is 9.03. The summed E-state index contributed by atoms with van der Waals surface area (Å²) in [5.74, 6) is -0.520. The van der Waals surface area contributed by atoms with E-state index in [-0.39, 0.29) is 36.6 Å². The largest absolute Gasteiger partial charge is 0.494 e. The molecule has 0 bridgehead atoms. The van der Waals surface area contributed by atoms with Crippen molar-refractivity contribution in [1.82, 2.24) is 0 Å². The summed E-state index contributed by atoms with van der Waals surface area (Å²) in [5.41, 5.74) is 1.52. The molecule has 3 fully saturated rings. The van der Waals surface area contributed by atoms with Crippen LogP contribution in [-0.4, -0.2) is 42.9 Å². The van der Waals surface area contributed by atoms with E-state index in [1.807, 2.05) is 13.8 Å². The number of benzene rings is 1. The van der Waals surface area contributed by atoms with Crippen LogP contribution in [0.2, 0.25) is 0 Å². The monoisotopic (exact) mass is 360 g/mol. The average Bonchev–Trinajstić information content (AvgIpc) is 2.97. The van der Waals surface area contributed by atoms with E-state index in [0.29, 0.717) is 6.61 Å². The van der Waals surface area contributed by atoms with Crippen LogP contribution in [-0.2, 0) is 23.5 Å². The first-order valence-corrected chi connectivity index (χ1v) is 9.49. The van der Waals surface area contributed by atoms with E-state index in [1.165, 1.54) is 0 Å². The molecule has 4 rings (SSSR count). The van der Waals surface area contributed by atoms with Gasteiger partial charge in [0.25, 0.3) is 0 Å². The van der Waals surface area contributed by atoms with Crippen molar-refractivity contribution in [1.29, 1.82) is 0 Å². The highest BCUT2D eigenvalue weighted by Gasteiger charge is 2.51. The minimum atomic E-state index is -0.520. The third-order valence-electron chi connectivity index (χ3n) is 6.03. The van der Waals surface area contributed by atoms with Crippen LogP contribution in [0.15, 0.2) is 24.3 Å². The summed E-state index contributed by atoms with van der Waals surface area (Å²) in [6, 6.07) is 8.35. The van der Waals surface area contributed by atoms with Gasteiger partial charge in [0.05, 0.1) is 30.0 Å². The number of rotatable bonds is 2. The highest BCUT2D eigenvalue weighted by molar-refractivity contribution is 6.62. The van der Waals surface area contributed by atoms with Gasteiger partial charge in [0.15, 0.2) is 5.79 Å². The van der Waals surface area contributed by atoms with Gasteiger partial charge in [-0.15, -0.1) is 0 Å². The average molecular weight is 360 g/mol. The molecule has 3 aliphatic rings. The highest BCUT2D eigenvalue weighted by atomic mass is 16.8. The quantitative estimate of drug-likeness (QED) is 0.759. The van der Waals surface area contributed by atoms with Crippen molar-refractivity contribution < 1.29 is 23.5 Å². The van der Waals surface area contributed by atoms with Crippen LogP contribution in [0, 0.1) is 0 Å². The molecule has 0 unspecified atom stereocenters. The fourth-order valence-corrected chi connectivity index (χ4v) is 3.82. The summed E-state index contributed by atoms with van der Waals surface area (Å²) < 4.78 is 30.2. The van der Waals surface area contributed by atoms with Crippen LogP contribution < -0.4 is 5.46 Å². The normalized spacial score (nSPS) is 34.7. The van der Waals surface area contributed by atoms with E-state index in [4.69, 9.17) is 23.5 Å². The highest BCUT2D eigenvalue weighted by Crippen LogP contribution is 2.39. The summed E-state index contributed by atoms with van der Waals surface area (Å²) >= 11 is 0. The standard InChI is InChI=1S/C20H29BO5/c1-18(2)19(3,4)26-21(25-18)14-9-7-13(8-10-14)15-11-16-17(12-22-15)24-20(5,6)23-16/h7-10,15-17H,11-12H2,1-6H3/t15-,16+,17-/m0/s1. The number of hydrogen-bond donors (Lipinski definition) is 0. The van der Waals surface area contributed by atoms with E-state index >= 15 is 0 Å². The van der Waals surface area contributed by atoms with Crippen molar-refractivity contribution in [2.75, 3.05) is 6.61 Å². The van der Waals surface area contributed by atoms with E-state index < -0.39 is 5.79 Å². The Morgan fingerprint density at radius 1 is 0.846 bits per heavy atom. The van der Waals surface area contributed by atoms with Crippen LogP contribution in [0.3, 0.4) is 0 Å². The second kappa shape index (κ2) is 6.04. The van der Waals surface area contributed by atoms with Gasteiger partial charge < -0.3 is 23.5 Å². The molecule has 0 radical (unpaired) electrons. The smallest absolute Gasteiger partial charge is 0.399 e. The zero-order chi connectivity index (χ0) is 18.7. The summed E-state index contributed by atoms with van der Waals surface area (Å²) in [5, 5.41) is 0.